The van der Waals surface area contributed by atoms with Gasteiger partial charge >= 0.3 is 0 Å². The van der Waals surface area contributed by atoms with Gasteiger partial charge in [-0.1, -0.05) is 0 Å². The molecule has 1 aliphatic heterocycles. The van der Waals surface area contributed by atoms with Crippen molar-refractivity contribution < 1.29 is 9.53 Å². The lowest BCUT2D eigenvalue weighted by atomic mass is 10.1. The number of hydrogen-bond donors (Lipinski definition) is 0. The molecule has 1 amide bonds. The molecule has 0 saturated carbocycles. The van der Waals surface area contributed by atoms with Crippen molar-refractivity contribution in [1.82, 2.24) is 4.90 Å². The lowest BCUT2D eigenvalue weighted by Crippen LogP contribution is -2.55. The average Bonchev–Trinajstić information content (AvgIpc) is 1.74. The standard InChI is InChI=1S/C9H17NO2/c1-7(11)10-5-8(6-10)12-9(2,3)4/h8H,5-6H2,1-4H3. The van der Waals surface area contributed by atoms with Gasteiger partial charge in [-0.05, 0) is 20.8 Å². The molecule has 0 atom stereocenters. The van der Waals surface area contributed by atoms with E-state index in [2.05, 4.69) is 0 Å². The topological polar surface area (TPSA) is 29.5 Å². The van der Waals surface area contributed by atoms with Gasteiger partial charge in [0, 0.05) is 20.0 Å². The summed E-state index contributed by atoms with van der Waals surface area (Å²) in [5, 5.41) is 0. The lowest BCUT2D eigenvalue weighted by Gasteiger charge is -2.41. The molecule has 12 heavy (non-hydrogen) atoms. The van der Waals surface area contributed by atoms with Crippen molar-refractivity contribution in [1.29, 1.82) is 0 Å². The minimum absolute atomic E-state index is 0.0897. The molecule has 1 fully saturated rings. The number of ether oxygens (including phenoxy) is 1. The van der Waals surface area contributed by atoms with Gasteiger partial charge < -0.3 is 9.64 Å². The van der Waals surface area contributed by atoms with Crippen molar-refractivity contribution in [3.8, 4) is 0 Å². The Hall–Kier alpha value is -0.570. The van der Waals surface area contributed by atoms with Crippen LogP contribution in [-0.2, 0) is 9.53 Å². The molecule has 0 spiro atoms. The van der Waals surface area contributed by atoms with Crippen LogP contribution >= 0.6 is 0 Å². The van der Waals surface area contributed by atoms with Crippen LogP contribution in [-0.4, -0.2) is 35.6 Å². The van der Waals surface area contributed by atoms with Crippen LogP contribution in [0.5, 0.6) is 0 Å². The highest BCUT2D eigenvalue weighted by Gasteiger charge is 2.32. The van der Waals surface area contributed by atoms with E-state index in [1.807, 2.05) is 20.8 Å². The number of rotatable bonds is 1. The van der Waals surface area contributed by atoms with E-state index >= 15 is 0 Å². The summed E-state index contributed by atoms with van der Waals surface area (Å²) in [6.45, 7) is 9.20. The monoisotopic (exact) mass is 171 g/mol. The molecule has 3 nitrogen and oxygen atoms in total. The number of nitrogens with zero attached hydrogens (tertiary/aromatic N) is 1. The maximum Gasteiger partial charge on any atom is 0.219 e. The molecule has 1 rings (SSSR count). The smallest absolute Gasteiger partial charge is 0.219 e. The van der Waals surface area contributed by atoms with Crippen molar-refractivity contribution in [3.63, 3.8) is 0 Å². The number of carbonyl (C=O) groups excluding carboxylic acids is 1. The van der Waals surface area contributed by atoms with Crippen LogP contribution in [0.25, 0.3) is 0 Å². The Bertz CT molecular complexity index is 177. The van der Waals surface area contributed by atoms with Gasteiger partial charge in [-0.2, -0.15) is 0 Å². The van der Waals surface area contributed by atoms with E-state index in [4.69, 9.17) is 4.74 Å². The van der Waals surface area contributed by atoms with Crippen molar-refractivity contribution in [3.05, 3.63) is 0 Å². The maximum absolute atomic E-state index is 10.8. The maximum atomic E-state index is 10.8. The molecule has 0 N–H and O–H groups in total. The minimum atomic E-state index is -0.0897. The summed E-state index contributed by atoms with van der Waals surface area (Å²) >= 11 is 0. The molecule has 0 unspecified atom stereocenters. The summed E-state index contributed by atoms with van der Waals surface area (Å²) < 4.78 is 5.66. The molecule has 0 aliphatic carbocycles. The van der Waals surface area contributed by atoms with Gasteiger partial charge in [-0.15, -0.1) is 0 Å². The number of amides is 1. The molecular formula is C9H17NO2. The van der Waals surface area contributed by atoms with Gasteiger partial charge in [0.1, 0.15) is 0 Å². The third kappa shape index (κ3) is 2.48. The molecule has 1 heterocycles. The van der Waals surface area contributed by atoms with Crippen molar-refractivity contribution in [2.75, 3.05) is 13.1 Å². The van der Waals surface area contributed by atoms with Gasteiger partial charge in [0.15, 0.2) is 0 Å². The van der Waals surface area contributed by atoms with Crippen LogP contribution in [0.4, 0.5) is 0 Å². The van der Waals surface area contributed by atoms with Crippen LogP contribution in [0.1, 0.15) is 27.7 Å². The van der Waals surface area contributed by atoms with Crippen LogP contribution < -0.4 is 0 Å². The number of hydrogen-bond acceptors (Lipinski definition) is 2. The zero-order chi connectivity index (χ0) is 9.35. The second kappa shape index (κ2) is 3.05. The summed E-state index contributed by atoms with van der Waals surface area (Å²) in [7, 11) is 0. The largest absolute Gasteiger partial charge is 0.369 e. The lowest BCUT2D eigenvalue weighted by molar-refractivity contribution is -0.155. The van der Waals surface area contributed by atoms with Gasteiger partial charge in [0.25, 0.3) is 0 Å². The summed E-state index contributed by atoms with van der Waals surface area (Å²) in [4.78, 5) is 12.6. The van der Waals surface area contributed by atoms with E-state index in [1.165, 1.54) is 0 Å². The first kappa shape index (κ1) is 9.52. The molecule has 1 saturated heterocycles. The number of likely N-dealkylation sites (tertiary alicyclic amines) is 1. The Kier molecular flexibility index (Phi) is 2.42. The summed E-state index contributed by atoms with van der Waals surface area (Å²) in [6, 6.07) is 0. The third-order valence-corrected chi connectivity index (χ3v) is 1.81. The molecule has 70 valence electrons. The molecule has 0 aromatic heterocycles. The Morgan fingerprint density at radius 3 is 2.25 bits per heavy atom. The first-order valence-corrected chi connectivity index (χ1v) is 4.32. The third-order valence-electron chi connectivity index (χ3n) is 1.81. The fourth-order valence-electron chi connectivity index (χ4n) is 1.27. The van der Waals surface area contributed by atoms with Crippen molar-refractivity contribution in [2.24, 2.45) is 0 Å². The predicted molar refractivity (Wildman–Crippen MR) is 46.9 cm³/mol. The molecule has 0 radical (unpaired) electrons. The van der Waals surface area contributed by atoms with E-state index in [-0.39, 0.29) is 17.6 Å². The first-order chi connectivity index (χ1) is 5.38. The Morgan fingerprint density at radius 2 is 1.92 bits per heavy atom. The van der Waals surface area contributed by atoms with Gasteiger partial charge in [-0.25, -0.2) is 0 Å². The van der Waals surface area contributed by atoms with Crippen molar-refractivity contribution >= 4 is 5.91 Å². The van der Waals surface area contributed by atoms with E-state index in [0.29, 0.717) is 0 Å². The second-order valence-corrected chi connectivity index (χ2v) is 4.28. The molecule has 3 heteroatoms. The quantitative estimate of drug-likeness (QED) is 0.589. The fraction of sp³-hybridized carbons (Fsp3) is 0.889. The van der Waals surface area contributed by atoms with Gasteiger partial charge in [0.2, 0.25) is 5.91 Å². The zero-order valence-corrected chi connectivity index (χ0v) is 8.26. The minimum Gasteiger partial charge on any atom is -0.369 e. The Balaban J connectivity index is 2.22. The highest BCUT2D eigenvalue weighted by atomic mass is 16.5. The second-order valence-electron chi connectivity index (χ2n) is 4.28. The summed E-state index contributed by atoms with van der Waals surface area (Å²) in [5.41, 5.74) is -0.0897. The SMILES string of the molecule is CC(=O)N1CC(OC(C)(C)C)C1. The highest BCUT2D eigenvalue weighted by Crippen LogP contribution is 2.18. The van der Waals surface area contributed by atoms with E-state index in [9.17, 15) is 4.79 Å². The first-order valence-electron chi connectivity index (χ1n) is 4.32. The van der Waals surface area contributed by atoms with Gasteiger partial charge in [-0.3, -0.25) is 4.79 Å². The molecule has 0 bridgehead atoms. The zero-order valence-electron chi connectivity index (χ0n) is 8.26. The Morgan fingerprint density at radius 1 is 1.42 bits per heavy atom. The highest BCUT2D eigenvalue weighted by molar-refractivity contribution is 5.74. The van der Waals surface area contributed by atoms with Crippen molar-refractivity contribution in [2.45, 2.75) is 39.4 Å². The van der Waals surface area contributed by atoms with E-state index in [0.717, 1.165) is 13.1 Å². The summed E-state index contributed by atoms with van der Waals surface area (Å²) in [6.07, 6.45) is 0.244. The van der Waals surface area contributed by atoms with E-state index < -0.39 is 0 Å². The Labute approximate surface area is 73.7 Å². The normalized spacial score (nSPS) is 19.2. The van der Waals surface area contributed by atoms with Crippen LogP contribution in [0.2, 0.25) is 0 Å². The average molecular weight is 171 g/mol. The summed E-state index contributed by atoms with van der Waals surface area (Å²) in [5.74, 6) is 0.142. The molecule has 0 aromatic carbocycles. The molecule has 1 aliphatic rings. The van der Waals surface area contributed by atoms with Crippen LogP contribution in [0.3, 0.4) is 0 Å². The molecular weight excluding hydrogens is 154 g/mol. The molecule has 0 aromatic rings. The van der Waals surface area contributed by atoms with Crippen LogP contribution in [0, 0.1) is 0 Å². The van der Waals surface area contributed by atoms with E-state index in [1.54, 1.807) is 11.8 Å². The van der Waals surface area contributed by atoms with Gasteiger partial charge in [0.05, 0.1) is 11.7 Å². The predicted octanol–water partition coefficient (Wildman–Crippen LogP) is 1.03. The fourth-order valence-corrected chi connectivity index (χ4v) is 1.27. The van der Waals surface area contributed by atoms with Crippen LogP contribution in [0.15, 0.2) is 0 Å². The number of carbonyl (C=O) groups is 1.